The summed E-state index contributed by atoms with van der Waals surface area (Å²) in [6.45, 7) is 6.59. The van der Waals surface area contributed by atoms with Crippen LogP contribution in [0.25, 0.3) is 0 Å². The number of rotatable bonds is 8. The fourth-order valence-corrected chi connectivity index (χ4v) is 1.20. The summed E-state index contributed by atoms with van der Waals surface area (Å²) in [6.07, 6.45) is 6.12. The molecule has 1 atom stereocenters. The van der Waals surface area contributed by atoms with Crippen LogP contribution in [0.3, 0.4) is 0 Å². The van der Waals surface area contributed by atoms with Gasteiger partial charge in [-0.3, -0.25) is 0 Å². The van der Waals surface area contributed by atoms with Gasteiger partial charge in [-0.1, -0.05) is 26.7 Å². The zero-order valence-corrected chi connectivity index (χ0v) is 9.16. The number of halogens is 1. The van der Waals surface area contributed by atoms with E-state index in [1.165, 1.54) is 19.3 Å². The summed E-state index contributed by atoms with van der Waals surface area (Å²) in [5.41, 5.74) is 0. The third kappa shape index (κ3) is 8.35. The third-order valence-corrected chi connectivity index (χ3v) is 2.56. The molecule has 0 aliphatic heterocycles. The van der Waals surface area contributed by atoms with E-state index in [1.54, 1.807) is 0 Å². The average molecular weight is 192 g/mol. The van der Waals surface area contributed by atoms with Gasteiger partial charge in [-0.05, 0) is 32.4 Å². The van der Waals surface area contributed by atoms with Crippen LogP contribution in [0.1, 0.15) is 46.0 Å². The fourth-order valence-electron chi connectivity index (χ4n) is 1.09. The number of nitrogens with one attached hydrogen (secondary N) is 1. The average Bonchev–Trinajstić information content (AvgIpc) is 2.10. The second kappa shape index (κ2) is 9.34. The predicted octanol–water partition coefficient (Wildman–Crippen LogP) is 3.17. The van der Waals surface area contributed by atoms with Crippen LogP contribution in [0.5, 0.6) is 0 Å². The lowest BCUT2D eigenvalue weighted by Gasteiger charge is -2.07. The number of unbranched alkanes of at least 4 members (excludes halogenated alkanes) is 2. The van der Waals surface area contributed by atoms with E-state index in [4.69, 9.17) is 11.6 Å². The highest BCUT2D eigenvalue weighted by Crippen LogP contribution is 2.04. The second-order valence-electron chi connectivity index (χ2n) is 3.25. The Morgan fingerprint density at radius 2 is 1.92 bits per heavy atom. The first-order valence-electron chi connectivity index (χ1n) is 5.16. The summed E-state index contributed by atoms with van der Waals surface area (Å²) in [6, 6.07) is 0. The number of hydrogen-bond donors (Lipinski definition) is 1. The van der Waals surface area contributed by atoms with Crippen molar-refractivity contribution in [2.75, 3.05) is 13.1 Å². The first-order valence-corrected chi connectivity index (χ1v) is 5.59. The summed E-state index contributed by atoms with van der Waals surface area (Å²) in [4.78, 5) is 0. The van der Waals surface area contributed by atoms with Crippen molar-refractivity contribution in [2.45, 2.75) is 51.3 Å². The van der Waals surface area contributed by atoms with Gasteiger partial charge in [0, 0.05) is 5.38 Å². The van der Waals surface area contributed by atoms with Crippen LogP contribution in [0.4, 0.5) is 0 Å². The molecule has 0 aliphatic rings. The highest BCUT2D eigenvalue weighted by molar-refractivity contribution is 6.20. The molecule has 0 radical (unpaired) electrons. The van der Waals surface area contributed by atoms with Gasteiger partial charge in [-0.25, -0.2) is 0 Å². The molecule has 0 bridgehead atoms. The van der Waals surface area contributed by atoms with Crippen LogP contribution in [0.15, 0.2) is 0 Å². The molecule has 1 nitrogen and oxygen atoms in total. The molecule has 0 saturated carbocycles. The summed E-state index contributed by atoms with van der Waals surface area (Å²) in [5, 5.41) is 3.77. The molecule has 0 rings (SSSR count). The SMILES string of the molecule is CCCCCNCCC(Cl)CC. The van der Waals surface area contributed by atoms with Gasteiger partial charge in [0.1, 0.15) is 0 Å². The largest absolute Gasteiger partial charge is 0.317 e. The molecule has 0 aliphatic carbocycles. The Kier molecular flexibility index (Phi) is 9.53. The van der Waals surface area contributed by atoms with E-state index in [0.29, 0.717) is 5.38 Å². The van der Waals surface area contributed by atoms with Crippen LogP contribution in [0.2, 0.25) is 0 Å². The minimum atomic E-state index is 0.365. The third-order valence-electron chi connectivity index (χ3n) is 2.03. The maximum atomic E-state index is 5.97. The van der Waals surface area contributed by atoms with Gasteiger partial charge < -0.3 is 5.32 Å². The van der Waals surface area contributed by atoms with Crippen molar-refractivity contribution in [3.63, 3.8) is 0 Å². The van der Waals surface area contributed by atoms with Gasteiger partial charge >= 0.3 is 0 Å². The topological polar surface area (TPSA) is 12.0 Å². The molecule has 0 aromatic heterocycles. The zero-order valence-electron chi connectivity index (χ0n) is 8.41. The van der Waals surface area contributed by atoms with Crippen molar-refractivity contribution in [1.82, 2.24) is 5.32 Å². The lowest BCUT2D eigenvalue weighted by molar-refractivity contribution is 0.585. The quantitative estimate of drug-likeness (QED) is 0.459. The van der Waals surface area contributed by atoms with E-state index in [0.717, 1.165) is 25.9 Å². The van der Waals surface area contributed by atoms with Gasteiger partial charge in [0.25, 0.3) is 0 Å². The van der Waals surface area contributed by atoms with Crippen molar-refractivity contribution in [3.05, 3.63) is 0 Å². The van der Waals surface area contributed by atoms with E-state index in [1.807, 2.05) is 0 Å². The Balaban J connectivity index is 2.90. The molecular weight excluding hydrogens is 170 g/mol. The molecule has 0 aromatic rings. The van der Waals surface area contributed by atoms with Gasteiger partial charge in [-0.15, -0.1) is 11.6 Å². The Hall–Kier alpha value is 0.250. The number of alkyl halides is 1. The summed E-state index contributed by atoms with van der Waals surface area (Å²) in [7, 11) is 0. The van der Waals surface area contributed by atoms with Gasteiger partial charge in [0.05, 0.1) is 0 Å². The van der Waals surface area contributed by atoms with E-state index in [-0.39, 0.29) is 0 Å². The Labute approximate surface area is 81.9 Å². The normalized spacial score (nSPS) is 13.2. The molecule has 0 saturated heterocycles. The highest BCUT2D eigenvalue weighted by atomic mass is 35.5. The lowest BCUT2D eigenvalue weighted by Crippen LogP contribution is -2.19. The Morgan fingerprint density at radius 1 is 1.17 bits per heavy atom. The van der Waals surface area contributed by atoms with Crippen LogP contribution in [-0.2, 0) is 0 Å². The summed E-state index contributed by atoms with van der Waals surface area (Å²) < 4.78 is 0. The molecule has 2 heteroatoms. The van der Waals surface area contributed by atoms with E-state index in [2.05, 4.69) is 19.2 Å². The maximum absolute atomic E-state index is 5.97. The van der Waals surface area contributed by atoms with Crippen LogP contribution in [-0.4, -0.2) is 18.5 Å². The van der Waals surface area contributed by atoms with Crippen molar-refractivity contribution >= 4 is 11.6 Å². The molecular formula is C10H22ClN. The molecule has 0 fully saturated rings. The summed E-state index contributed by atoms with van der Waals surface area (Å²) in [5.74, 6) is 0. The first kappa shape index (κ1) is 12.2. The van der Waals surface area contributed by atoms with Crippen LogP contribution in [0, 0.1) is 0 Å². The van der Waals surface area contributed by atoms with E-state index in [9.17, 15) is 0 Å². The highest BCUT2D eigenvalue weighted by Gasteiger charge is 1.98. The molecule has 0 amide bonds. The molecule has 0 heterocycles. The molecule has 74 valence electrons. The number of hydrogen-bond acceptors (Lipinski definition) is 1. The second-order valence-corrected chi connectivity index (χ2v) is 3.87. The smallest absolute Gasteiger partial charge is 0.0345 e. The van der Waals surface area contributed by atoms with Gasteiger partial charge in [0.2, 0.25) is 0 Å². The van der Waals surface area contributed by atoms with Crippen LogP contribution >= 0.6 is 11.6 Å². The lowest BCUT2D eigenvalue weighted by atomic mass is 10.2. The zero-order chi connectivity index (χ0) is 9.23. The summed E-state index contributed by atoms with van der Waals surface area (Å²) >= 11 is 5.97. The predicted molar refractivity (Wildman–Crippen MR) is 56.9 cm³/mol. The van der Waals surface area contributed by atoms with Crippen molar-refractivity contribution in [1.29, 1.82) is 0 Å². The van der Waals surface area contributed by atoms with E-state index >= 15 is 0 Å². The molecule has 1 N–H and O–H groups in total. The minimum Gasteiger partial charge on any atom is -0.317 e. The first-order chi connectivity index (χ1) is 5.81. The van der Waals surface area contributed by atoms with E-state index < -0.39 is 0 Å². The van der Waals surface area contributed by atoms with Gasteiger partial charge in [-0.2, -0.15) is 0 Å². The van der Waals surface area contributed by atoms with Gasteiger partial charge in [0.15, 0.2) is 0 Å². The van der Waals surface area contributed by atoms with Crippen LogP contribution < -0.4 is 5.32 Å². The molecule has 1 unspecified atom stereocenters. The Bertz CT molecular complexity index is 85.9. The van der Waals surface area contributed by atoms with Crippen molar-refractivity contribution < 1.29 is 0 Å². The standard InChI is InChI=1S/C10H22ClN/c1-3-5-6-8-12-9-7-10(11)4-2/h10,12H,3-9H2,1-2H3. The molecule has 12 heavy (non-hydrogen) atoms. The Morgan fingerprint density at radius 3 is 2.50 bits per heavy atom. The minimum absolute atomic E-state index is 0.365. The van der Waals surface area contributed by atoms with Crippen molar-refractivity contribution in [3.8, 4) is 0 Å². The van der Waals surface area contributed by atoms with Crippen molar-refractivity contribution in [2.24, 2.45) is 0 Å². The molecule has 0 spiro atoms. The fraction of sp³-hybridized carbons (Fsp3) is 1.00. The maximum Gasteiger partial charge on any atom is 0.0345 e. The monoisotopic (exact) mass is 191 g/mol. The molecule has 0 aromatic carbocycles.